The van der Waals surface area contributed by atoms with Crippen LogP contribution in [0.2, 0.25) is 0 Å². The first-order valence-electron chi connectivity index (χ1n) is 9.49. The van der Waals surface area contributed by atoms with Gasteiger partial charge in [0.15, 0.2) is 0 Å². The largest absolute Gasteiger partial charge is 0.351 e. The van der Waals surface area contributed by atoms with Crippen LogP contribution >= 0.6 is 0 Å². The highest BCUT2D eigenvalue weighted by atomic mass is 32.2. The van der Waals surface area contributed by atoms with Crippen LogP contribution in [0.15, 0.2) is 89.8 Å². The predicted molar refractivity (Wildman–Crippen MR) is 114 cm³/mol. The summed E-state index contributed by atoms with van der Waals surface area (Å²) in [5.74, 6) is -0.314. The Labute approximate surface area is 171 Å². The van der Waals surface area contributed by atoms with Gasteiger partial charge in [0.2, 0.25) is 10.0 Å². The Kier molecular flexibility index (Phi) is 6.80. The fourth-order valence-corrected chi connectivity index (χ4v) is 4.26. The third kappa shape index (κ3) is 5.31. The maximum atomic E-state index is 12.7. The molecule has 150 valence electrons. The van der Waals surface area contributed by atoms with Gasteiger partial charge in [0.1, 0.15) is 0 Å². The van der Waals surface area contributed by atoms with E-state index in [1.807, 2.05) is 60.7 Å². The molecule has 0 unspecified atom stereocenters. The molecule has 29 heavy (non-hydrogen) atoms. The molecule has 0 aliphatic heterocycles. The first kappa shape index (κ1) is 20.8. The Bertz CT molecular complexity index is 1010. The number of hydrogen-bond donors (Lipinski definition) is 2. The molecule has 0 atom stereocenters. The minimum Gasteiger partial charge on any atom is -0.351 e. The summed E-state index contributed by atoms with van der Waals surface area (Å²) in [6.07, 6.45) is 0. The average molecular weight is 409 g/mol. The van der Waals surface area contributed by atoms with Crippen molar-refractivity contribution in [3.05, 3.63) is 102 Å². The molecule has 0 aliphatic carbocycles. The summed E-state index contributed by atoms with van der Waals surface area (Å²) in [5.41, 5.74) is 2.51. The van der Waals surface area contributed by atoms with Crippen LogP contribution in [0.4, 0.5) is 0 Å². The van der Waals surface area contributed by atoms with E-state index in [-0.39, 0.29) is 23.3 Å². The number of rotatable bonds is 8. The highest BCUT2D eigenvalue weighted by Crippen LogP contribution is 2.24. The average Bonchev–Trinajstić information content (AvgIpc) is 2.75. The minimum atomic E-state index is -3.61. The van der Waals surface area contributed by atoms with Crippen molar-refractivity contribution in [2.75, 3.05) is 13.1 Å². The Balaban J connectivity index is 1.79. The third-order valence-electron chi connectivity index (χ3n) is 4.61. The second-order valence-corrected chi connectivity index (χ2v) is 8.38. The number of benzene rings is 3. The first-order valence-corrected chi connectivity index (χ1v) is 11.0. The van der Waals surface area contributed by atoms with Crippen molar-refractivity contribution in [1.82, 2.24) is 10.0 Å². The van der Waals surface area contributed by atoms with E-state index in [1.54, 1.807) is 19.1 Å². The predicted octanol–water partition coefficient (Wildman–Crippen LogP) is 3.55. The van der Waals surface area contributed by atoms with Crippen LogP contribution < -0.4 is 10.0 Å². The quantitative estimate of drug-likeness (QED) is 0.599. The molecule has 5 nitrogen and oxygen atoms in total. The molecule has 0 bridgehead atoms. The van der Waals surface area contributed by atoms with Gasteiger partial charge in [0.25, 0.3) is 5.91 Å². The van der Waals surface area contributed by atoms with E-state index in [9.17, 15) is 13.2 Å². The van der Waals surface area contributed by atoms with Crippen molar-refractivity contribution < 1.29 is 13.2 Å². The van der Waals surface area contributed by atoms with E-state index in [2.05, 4.69) is 10.0 Å². The van der Waals surface area contributed by atoms with Crippen molar-refractivity contribution in [2.45, 2.75) is 17.7 Å². The Morgan fingerprint density at radius 2 is 1.45 bits per heavy atom. The number of nitrogens with one attached hydrogen (secondary N) is 2. The van der Waals surface area contributed by atoms with Gasteiger partial charge in [0.05, 0.1) is 4.90 Å². The summed E-state index contributed by atoms with van der Waals surface area (Å²) in [4.78, 5) is 12.8. The molecule has 6 heteroatoms. The van der Waals surface area contributed by atoms with Gasteiger partial charge in [-0.1, -0.05) is 73.7 Å². The molecule has 0 spiro atoms. The van der Waals surface area contributed by atoms with Gasteiger partial charge in [-0.25, -0.2) is 13.1 Å². The third-order valence-corrected chi connectivity index (χ3v) is 6.15. The van der Waals surface area contributed by atoms with Crippen molar-refractivity contribution in [1.29, 1.82) is 0 Å². The lowest BCUT2D eigenvalue weighted by Crippen LogP contribution is -2.29. The van der Waals surface area contributed by atoms with Gasteiger partial charge in [-0.2, -0.15) is 0 Å². The molecule has 0 radical (unpaired) electrons. The van der Waals surface area contributed by atoms with Crippen LogP contribution in [0.25, 0.3) is 0 Å². The standard InChI is InChI=1S/C23H24N2O3S/c1-2-25-29(27,28)21-15-9-14-20(16-21)23(26)24-17-22(18-10-5-3-6-11-18)19-12-7-4-8-13-19/h3-16,22,25H,2,17H2,1H3,(H,24,26). The van der Waals surface area contributed by atoms with Gasteiger partial charge in [-0.05, 0) is 29.3 Å². The summed E-state index contributed by atoms with van der Waals surface area (Å²) < 4.78 is 26.8. The molecule has 3 aromatic rings. The molecule has 0 heterocycles. The highest BCUT2D eigenvalue weighted by Gasteiger charge is 2.18. The zero-order valence-corrected chi connectivity index (χ0v) is 17.0. The van der Waals surface area contributed by atoms with Crippen LogP contribution in [-0.4, -0.2) is 27.4 Å². The molecule has 3 rings (SSSR count). The lowest BCUT2D eigenvalue weighted by atomic mass is 9.91. The molecule has 1 amide bonds. The smallest absolute Gasteiger partial charge is 0.251 e. The fraction of sp³-hybridized carbons (Fsp3) is 0.174. The number of carbonyl (C=O) groups is 1. The van der Waals surface area contributed by atoms with Gasteiger partial charge in [-0.3, -0.25) is 4.79 Å². The van der Waals surface area contributed by atoms with Crippen molar-refractivity contribution in [2.24, 2.45) is 0 Å². The Morgan fingerprint density at radius 3 is 2.00 bits per heavy atom. The number of amides is 1. The number of carbonyl (C=O) groups excluding carboxylic acids is 1. The normalized spacial score (nSPS) is 11.4. The van der Waals surface area contributed by atoms with E-state index in [0.717, 1.165) is 11.1 Å². The molecule has 0 fully saturated rings. The lowest BCUT2D eigenvalue weighted by Gasteiger charge is -2.19. The number of hydrogen-bond acceptors (Lipinski definition) is 3. The summed E-state index contributed by atoms with van der Waals surface area (Å²) in [6.45, 7) is 2.40. The van der Waals surface area contributed by atoms with Crippen molar-refractivity contribution in [3.8, 4) is 0 Å². The summed E-state index contributed by atoms with van der Waals surface area (Å²) in [7, 11) is -3.61. The van der Waals surface area contributed by atoms with E-state index >= 15 is 0 Å². The van der Waals surface area contributed by atoms with Crippen LogP contribution in [0.5, 0.6) is 0 Å². The Morgan fingerprint density at radius 1 is 0.862 bits per heavy atom. The van der Waals surface area contributed by atoms with Crippen LogP contribution in [0, 0.1) is 0 Å². The maximum absolute atomic E-state index is 12.7. The van der Waals surface area contributed by atoms with Gasteiger partial charge < -0.3 is 5.32 Å². The van der Waals surface area contributed by atoms with Gasteiger partial charge in [0, 0.05) is 24.6 Å². The molecular weight excluding hydrogens is 384 g/mol. The summed E-state index contributed by atoms with van der Waals surface area (Å²) >= 11 is 0. The van der Waals surface area contributed by atoms with E-state index in [0.29, 0.717) is 12.1 Å². The van der Waals surface area contributed by atoms with Gasteiger partial charge in [-0.15, -0.1) is 0 Å². The molecule has 0 saturated carbocycles. The maximum Gasteiger partial charge on any atom is 0.251 e. The molecule has 0 aromatic heterocycles. The molecule has 2 N–H and O–H groups in total. The fourth-order valence-electron chi connectivity index (χ4n) is 3.17. The van der Waals surface area contributed by atoms with Crippen LogP contribution in [0.3, 0.4) is 0 Å². The topological polar surface area (TPSA) is 75.3 Å². The molecular formula is C23H24N2O3S. The minimum absolute atomic E-state index is 0.00461. The van der Waals surface area contributed by atoms with E-state index in [1.165, 1.54) is 12.1 Å². The van der Waals surface area contributed by atoms with Crippen LogP contribution in [-0.2, 0) is 10.0 Å². The summed E-state index contributed by atoms with van der Waals surface area (Å²) in [6, 6.07) is 26.0. The first-order chi connectivity index (χ1) is 14.0. The SMILES string of the molecule is CCNS(=O)(=O)c1cccc(C(=O)NCC(c2ccccc2)c2ccccc2)c1. The van der Waals surface area contributed by atoms with Crippen LogP contribution in [0.1, 0.15) is 34.3 Å². The van der Waals surface area contributed by atoms with Crippen molar-refractivity contribution >= 4 is 15.9 Å². The monoisotopic (exact) mass is 408 g/mol. The zero-order valence-electron chi connectivity index (χ0n) is 16.2. The number of sulfonamides is 1. The van der Waals surface area contributed by atoms with E-state index in [4.69, 9.17) is 0 Å². The van der Waals surface area contributed by atoms with E-state index < -0.39 is 10.0 Å². The highest BCUT2D eigenvalue weighted by molar-refractivity contribution is 7.89. The molecule has 3 aromatic carbocycles. The zero-order chi connectivity index (χ0) is 20.7. The summed E-state index contributed by atoms with van der Waals surface area (Å²) in [5, 5.41) is 2.95. The Hall–Kier alpha value is -2.96. The van der Waals surface area contributed by atoms with Crippen molar-refractivity contribution in [3.63, 3.8) is 0 Å². The second-order valence-electron chi connectivity index (χ2n) is 6.61. The molecule has 0 aliphatic rings. The van der Waals surface area contributed by atoms with Gasteiger partial charge >= 0.3 is 0 Å². The second kappa shape index (κ2) is 9.49. The lowest BCUT2D eigenvalue weighted by molar-refractivity contribution is 0.0952. The molecule has 0 saturated heterocycles.